The smallest absolute Gasteiger partial charge is 0.138 e. The summed E-state index contributed by atoms with van der Waals surface area (Å²) in [6, 6.07) is 6.60. The Morgan fingerprint density at radius 3 is 2.50 bits per heavy atom. The highest BCUT2D eigenvalue weighted by Crippen LogP contribution is 2.37. The van der Waals surface area contributed by atoms with Crippen LogP contribution in [0.3, 0.4) is 0 Å². The molecule has 0 fully saturated rings. The zero-order chi connectivity index (χ0) is 14.9. The summed E-state index contributed by atoms with van der Waals surface area (Å²) in [5, 5.41) is 3.09. The number of methoxy groups -OCH3 is 1. The summed E-state index contributed by atoms with van der Waals surface area (Å²) in [5.41, 5.74) is 7.62. The molecule has 2 aromatic rings. The third-order valence-electron chi connectivity index (χ3n) is 2.60. The lowest BCUT2D eigenvalue weighted by Crippen LogP contribution is -2.00. The second kappa shape index (κ2) is 6.48. The number of rotatable bonds is 3. The van der Waals surface area contributed by atoms with Crippen LogP contribution in [0.25, 0.3) is 0 Å². The van der Waals surface area contributed by atoms with Crippen molar-refractivity contribution in [2.24, 2.45) is 0 Å². The third kappa shape index (κ3) is 3.37. The molecule has 2 aromatic carbocycles. The SMILES string of the molecule is COc1cc(Nc2cc(F)c(I)cc2N)c(Br)cc1Br. The monoisotopic (exact) mass is 514 g/mol. The molecule has 3 N–H and O–H groups in total. The molecule has 0 atom stereocenters. The van der Waals surface area contributed by atoms with Gasteiger partial charge in [0.15, 0.2) is 0 Å². The Morgan fingerprint density at radius 1 is 1.15 bits per heavy atom. The van der Waals surface area contributed by atoms with Crippen LogP contribution in [0.1, 0.15) is 0 Å². The fourth-order valence-corrected chi connectivity index (χ4v) is 3.34. The number of hydrogen-bond acceptors (Lipinski definition) is 3. The summed E-state index contributed by atoms with van der Waals surface area (Å²) >= 11 is 8.74. The Morgan fingerprint density at radius 2 is 1.85 bits per heavy atom. The van der Waals surface area contributed by atoms with Crippen LogP contribution in [-0.4, -0.2) is 7.11 Å². The predicted octanol–water partition coefficient (Wildman–Crippen LogP) is 5.29. The minimum absolute atomic E-state index is 0.317. The van der Waals surface area contributed by atoms with E-state index in [0.29, 0.717) is 20.7 Å². The molecule has 0 amide bonds. The van der Waals surface area contributed by atoms with E-state index in [1.54, 1.807) is 19.2 Å². The van der Waals surface area contributed by atoms with Crippen molar-refractivity contribution in [1.82, 2.24) is 0 Å². The standard InChI is InChI=1S/C13H10Br2FIN2O/c1-20-13-5-11(6(14)2-7(13)15)19-12-3-8(16)9(17)4-10(12)18/h2-5,19H,18H2,1H3. The molecule has 0 heterocycles. The predicted molar refractivity (Wildman–Crippen MR) is 95.2 cm³/mol. The van der Waals surface area contributed by atoms with Gasteiger partial charge in [0.2, 0.25) is 0 Å². The Balaban J connectivity index is 2.42. The first-order valence-electron chi connectivity index (χ1n) is 5.47. The van der Waals surface area contributed by atoms with Crippen molar-refractivity contribution in [3.8, 4) is 5.75 Å². The first-order valence-corrected chi connectivity index (χ1v) is 8.13. The number of anilines is 3. The average Bonchev–Trinajstić information content (AvgIpc) is 2.38. The van der Waals surface area contributed by atoms with Gasteiger partial charge < -0.3 is 15.8 Å². The molecule has 0 aliphatic carbocycles. The molecule has 0 saturated carbocycles. The fraction of sp³-hybridized carbons (Fsp3) is 0.0769. The van der Waals surface area contributed by atoms with Crippen molar-refractivity contribution < 1.29 is 9.13 Å². The lowest BCUT2D eigenvalue weighted by molar-refractivity contribution is 0.412. The molecule has 0 aliphatic rings. The van der Waals surface area contributed by atoms with Gasteiger partial charge >= 0.3 is 0 Å². The number of nitrogens with one attached hydrogen (secondary N) is 1. The molecule has 7 heteroatoms. The second-order valence-corrected chi connectivity index (χ2v) is 6.82. The van der Waals surface area contributed by atoms with Gasteiger partial charge in [0.25, 0.3) is 0 Å². The summed E-state index contributed by atoms with van der Waals surface area (Å²) in [7, 11) is 1.58. The summed E-state index contributed by atoms with van der Waals surface area (Å²) < 4.78 is 21.0. The normalized spacial score (nSPS) is 10.4. The number of hydrogen-bond donors (Lipinski definition) is 2. The van der Waals surface area contributed by atoms with E-state index in [-0.39, 0.29) is 5.82 Å². The van der Waals surface area contributed by atoms with Gasteiger partial charge in [-0.25, -0.2) is 4.39 Å². The molecule has 2 rings (SSSR count). The molecule has 106 valence electrons. The summed E-state index contributed by atoms with van der Waals surface area (Å²) in [5.74, 6) is 0.350. The summed E-state index contributed by atoms with van der Waals surface area (Å²) in [4.78, 5) is 0. The van der Waals surface area contributed by atoms with E-state index in [4.69, 9.17) is 10.5 Å². The maximum absolute atomic E-state index is 13.6. The van der Waals surface area contributed by atoms with Crippen LogP contribution in [0.5, 0.6) is 5.75 Å². The average molecular weight is 516 g/mol. The molecule has 20 heavy (non-hydrogen) atoms. The molecule has 0 aromatic heterocycles. The topological polar surface area (TPSA) is 47.3 Å². The highest BCUT2D eigenvalue weighted by Gasteiger charge is 2.11. The van der Waals surface area contributed by atoms with Crippen molar-refractivity contribution in [2.75, 3.05) is 18.2 Å². The van der Waals surface area contributed by atoms with Gasteiger partial charge in [-0.05, 0) is 66.6 Å². The van der Waals surface area contributed by atoms with Crippen LogP contribution in [-0.2, 0) is 0 Å². The van der Waals surface area contributed by atoms with Crippen molar-refractivity contribution in [3.63, 3.8) is 0 Å². The van der Waals surface area contributed by atoms with Crippen LogP contribution in [0.2, 0.25) is 0 Å². The molecule has 0 spiro atoms. The van der Waals surface area contributed by atoms with Crippen molar-refractivity contribution in [1.29, 1.82) is 0 Å². The number of nitrogens with two attached hydrogens (primary N) is 1. The van der Waals surface area contributed by atoms with Gasteiger partial charge in [-0.2, -0.15) is 0 Å². The van der Waals surface area contributed by atoms with Crippen LogP contribution in [0.15, 0.2) is 33.2 Å². The maximum atomic E-state index is 13.6. The summed E-state index contributed by atoms with van der Waals surface area (Å²) in [6.45, 7) is 0. The first kappa shape index (κ1) is 15.8. The van der Waals surface area contributed by atoms with Crippen molar-refractivity contribution in [3.05, 3.63) is 42.6 Å². The number of benzene rings is 2. The molecule has 0 unspecified atom stereocenters. The van der Waals surface area contributed by atoms with Crippen LogP contribution in [0, 0.1) is 9.39 Å². The number of halogens is 4. The van der Waals surface area contributed by atoms with E-state index < -0.39 is 0 Å². The minimum atomic E-state index is -0.317. The summed E-state index contributed by atoms with van der Waals surface area (Å²) in [6.07, 6.45) is 0. The zero-order valence-corrected chi connectivity index (χ0v) is 15.6. The van der Waals surface area contributed by atoms with Gasteiger partial charge in [0.1, 0.15) is 11.6 Å². The minimum Gasteiger partial charge on any atom is -0.495 e. The second-order valence-electron chi connectivity index (χ2n) is 3.95. The largest absolute Gasteiger partial charge is 0.495 e. The van der Waals surface area contributed by atoms with Crippen molar-refractivity contribution in [2.45, 2.75) is 0 Å². The lowest BCUT2D eigenvalue weighted by Gasteiger charge is -2.14. The van der Waals surface area contributed by atoms with E-state index in [2.05, 4.69) is 37.2 Å². The molecule has 3 nitrogen and oxygen atoms in total. The van der Waals surface area contributed by atoms with E-state index in [9.17, 15) is 4.39 Å². The molecular formula is C13H10Br2FIN2O. The quantitative estimate of drug-likeness (QED) is 0.431. The van der Waals surface area contributed by atoms with E-state index in [0.717, 1.165) is 14.6 Å². The Kier molecular flexibility index (Phi) is 5.14. The van der Waals surface area contributed by atoms with Crippen LogP contribution < -0.4 is 15.8 Å². The highest BCUT2D eigenvalue weighted by atomic mass is 127. The van der Waals surface area contributed by atoms with Gasteiger partial charge in [-0.15, -0.1) is 0 Å². The van der Waals surface area contributed by atoms with Crippen LogP contribution >= 0.6 is 54.5 Å². The Bertz CT molecular complexity index is 667. The number of ether oxygens (including phenoxy) is 1. The molecule has 0 saturated heterocycles. The molecular weight excluding hydrogens is 506 g/mol. The first-order chi connectivity index (χ1) is 9.42. The molecule has 0 radical (unpaired) electrons. The highest BCUT2D eigenvalue weighted by molar-refractivity contribution is 14.1. The zero-order valence-electron chi connectivity index (χ0n) is 10.3. The van der Waals surface area contributed by atoms with E-state index in [1.165, 1.54) is 6.07 Å². The van der Waals surface area contributed by atoms with Crippen molar-refractivity contribution >= 4 is 71.5 Å². The molecule has 0 aliphatic heterocycles. The Hall–Kier alpha value is -0.540. The lowest BCUT2D eigenvalue weighted by atomic mass is 10.2. The number of nitrogen functional groups attached to an aromatic ring is 1. The van der Waals surface area contributed by atoms with E-state index in [1.807, 2.05) is 28.7 Å². The molecule has 0 bridgehead atoms. The van der Waals surface area contributed by atoms with E-state index >= 15 is 0 Å². The van der Waals surface area contributed by atoms with Gasteiger partial charge in [-0.3, -0.25) is 0 Å². The third-order valence-corrected chi connectivity index (χ3v) is 4.71. The maximum Gasteiger partial charge on any atom is 0.138 e. The van der Waals surface area contributed by atoms with Crippen LogP contribution in [0.4, 0.5) is 21.5 Å². The van der Waals surface area contributed by atoms with Gasteiger partial charge in [0, 0.05) is 16.6 Å². The Labute approximate surface area is 146 Å². The van der Waals surface area contributed by atoms with Gasteiger partial charge in [-0.1, -0.05) is 0 Å². The fourth-order valence-electron chi connectivity index (χ4n) is 1.60. The van der Waals surface area contributed by atoms with Gasteiger partial charge in [0.05, 0.1) is 32.2 Å².